The molecule has 0 saturated carbocycles. The Morgan fingerprint density at radius 2 is 2.03 bits per heavy atom. The Balaban J connectivity index is 0.00000181. The average Bonchev–Trinajstić information content (AvgIpc) is 3.16. The van der Waals surface area contributed by atoms with E-state index in [2.05, 4.69) is 25.3 Å². The van der Waals surface area contributed by atoms with Gasteiger partial charge in [-0.1, -0.05) is 0 Å². The van der Waals surface area contributed by atoms with Gasteiger partial charge in [0, 0.05) is 64.9 Å². The van der Waals surface area contributed by atoms with Crippen molar-refractivity contribution in [3.05, 3.63) is 36.8 Å². The van der Waals surface area contributed by atoms with Crippen molar-refractivity contribution in [2.24, 2.45) is 0 Å². The van der Waals surface area contributed by atoms with Crippen molar-refractivity contribution in [3.63, 3.8) is 0 Å². The number of ether oxygens (including phenoxy) is 1. The Morgan fingerprint density at radius 1 is 1.23 bits per heavy atom. The highest BCUT2D eigenvalue weighted by Gasteiger charge is 2.41. The van der Waals surface area contributed by atoms with Gasteiger partial charge in [-0.15, -0.1) is 0 Å². The maximum absolute atomic E-state index is 12.8. The first-order valence-electron chi connectivity index (χ1n) is 9.58. The number of Topliss-reactive ketones (excluding diaryl/α,β-unsaturated/α-hetero) is 1. The van der Waals surface area contributed by atoms with E-state index in [-0.39, 0.29) is 28.9 Å². The van der Waals surface area contributed by atoms with Gasteiger partial charge in [0.1, 0.15) is 17.0 Å². The van der Waals surface area contributed by atoms with E-state index in [1.54, 1.807) is 30.7 Å². The van der Waals surface area contributed by atoms with Crippen molar-refractivity contribution in [2.75, 3.05) is 18.5 Å². The zero-order chi connectivity index (χ0) is 21.2. The first-order chi connectivity index (χ1) is 14.4. The van der Waals surface area contributed by atoms with Gasteiger partial charge in [-0.2, -0.15) is 13.2 Å². The molecule has 2 N–H and O–H groups in total. The fourth-order valence-corrected chi connectivity index (χ4v) is 3.63. The summed E-state index contributed by atoms with van der Waals surface area (Å²) >= 11 is 0. The van der Waals surface area contributed by atoms with E-state index in [0.717, 1.165) is 10.9 Å². The summed E-state index contributed by atoms with van der Waals surface area (Å²) in [7, 11) is 0. The number of nitrogens with zero attached hydrogens (tertiary/aromatic N) is 3. The van der Waals surface area contributed by atoms with Crippen LogP contribution in [0.3, 0.4) is 0 Å². The molecule has 7 nitrogen and oxygen atoms in total. The molecular formula is C20H24F3N5O2. The first kappa shape index (κ1) is 20.3. The number of H-pyrrole nitrogens is 1. The Hall–Kier alpha value is -3.01. The van der Waals surface area contributed by atoms with Crippen LogP contribution in [0, 0.1) is 0 Å². The highest BCUT2D eigenvalue weighted by molar-refractivity contribution is 5.92. The van der Waals surface area contributed by atoms with Gasteiger partial charge in [-0.05, 0) is 18.2 Å². The molecule has 0 unspecified atom stereocenters. The molecule has 1 aliphatic rings. The molecule has 0 aromatic carbocycles. The maximum Gasteiger partial charge on any atom is 0.389 e. The molecule has 30 heavy (non-hydrogen) atoms. The second-order valence-corrected chi connectivity index (χ2v) is 7.23. The topological polar surface area (TPSA) is 92.8 Å². The molecular weight excluding hydrogens is 399 g/mol. The van der Waals surface area contributed by atoms with Crippen LogP contribution in [0.25, 0.3) is 22.4 Å². The predicted molar refractivity (Wildman–Crippen MR) is 108 cm³/mol. The maximum atomic E-state index is 12.8. The van der Waals surface area contributed by atoms with E-state index in [1.807, 2.05) is 6.07 Å². The number of aromatic nitrogens is 4. The van der Waals surface area contributed by atoms with Crippen molar-refractivity contribution >= 4 is 22.6 Å². The number of alkyl halides is 3. The molecule has 10 heteroatoms. The van der Waals surface area contributed by atoms with Crippen molar-refractivity contribution in [3.8, 4) is 11.4 Å². The Kier molecular flexibility index (Phi) is 5.42. The van der Waals surface area contributed by atoms with Crippen molar-refractivity contribution < 1.29 is 25.6 Å². The largest absolute Gasteiger partial charge is 0.389 e. The van der Waals surface area contributed by atoms with Gasteiger partial charge in [-0.3, -0.25) is 4.79 Å². The number of carbonyl (C=O) groups is 1. The van der Waals surface area contributed by atoms with Crippen LogP contribution in [-0.2, 0) is 9.53 Å². The summed E-state index contributed by atoms with van der Waals surface area (Å²) in [6, 6.07) is 5.29. The zero-order valence-corrected chi connectivity index (χ0v) is 16.0. The standard InChI is InChI=1S/C20H20F3N5O2.2H2/c21-20(22,23)5-3-15(29)19(6-10-30-11-7-19)28-16-4-9-25-18(27-16)14-12-26-17-13(14)2-1-8-24-17;;/h1-2,4,8-9,12H,3,5-7,10-11H2,(H,24,26)(H,25,27,28);2*1H. The number of pyridine rings is 1. The second-order valence-electron chi connectivity index (χ2n) is 7.23. The molecule has 1 saturated heterocycles. The summed E-state index contributed by atoms with van der Waals surface area (Å²) in [5, 5.41) is 3.95. The predicted octanol–water partition coefficient (Wildman–Crippen LogP) is 4.38. The SMILES string of the molecule is O=C(CCC(F)(F)F)C1(Nc2ccnc(-c3c[nH]c4ncccc34)n2)CCOCC1.[HH].[HH]. The zero-order valence-electron chi connectivity index (χ0n) is 16.0. The number of carbonyl (C=O) groups excluding carboxylic acids is 1. The molecule has 0 bridgehead atoms. The van der Waals surface area contributed by atoms with Crippen molar-refractivity contribution in [1.82, 2.24) is 19.9 Å². The van der Waals surface area contributed by atoms with E-state index in [1.165, 1.54) is 0 Å². The molecule has 3 aromatic heterocycles. The van der Waals surface area contributed by atoms with Crippen LogP contribution in [0.1, 0.15) is 28.5 Å². The number of nitrogens with one attached hydrogen (secondary N) is 2. The molecule has 0 aliphatic carbocycles. The van der Waals surface area contributed by atoms with E-state index in [4.69, 9.17) is 4.74 Å². The number of fused-ring (bicyclic) bond motifs is 1. The number of anilines is 1. The van der Waals surface area contributed by atoms with Crippen LogP contribution >= 0.6 is 0 Å². The molecule has 162 valence electrons. The van der Waals surface area contributed by atoms with Crippen LogP contribution < -0.4 is 5.32 Å². The van der Waals surface area contributed by atoms with Crippen molar-refractivity contribution in [1.29, 1.82) is 0 Å². The summed E-state index contributed by atoms with van der Waals surface area (Å²) in [6.07, 6.45) is -0.588. The molecule has 1 fully saturated rings. The van der Waals surface area contributed by atoms with E-state index >= 15 is 0 Å². The quantitative estimate of drug-likeness (QED) is 0.611. The fraction of sp³-hybridized carbons (Fsp3) is 0.400. The van der Waals surface area contributed by atoms with Gasteiger partial charge < -0.3 is 15.0 Å². The third-order valence-corrected chi connectivity index (χ3v) is 5.23. The highest BCUT2D eigenvalue weighted by atomic mass is 19.4. The smallest absolute Gasteiger partial charge is 0.381 e. The number of ketones is 1. The molecule has 0 atom stereocenters. The Labute approximate surface area is 173 Å². The van der Waals surface area contributed by atoms with Gasteiger partial charge in [0.2, 0.25) is 0 Å². The summed E-state index contributed by atoms with van der Waals surface area (Å²) in [5.41, 5.74) is 0.292. The lowest BCUT2D eigenvalue weighted by Gasteiger charge is -2.37. The lowest BCUT2D eigenvalue weighted by atomic mass is 9.83. The molecule has 0 amide bonds. The van der Waals surface area contributed by atoms with Crippen LogP contribution in [0.4, 0.5) is 19.0 Å². The van der Waals surface area contributed by atoms with E-state index < -0.39 is 30.3 Å². The lowest BCUT2D eigenvalue weighted by Crippen LogP contribution is -2.51. The van der Waals surface area contributed by atoms with Gasteiger partial charge in [0.05, 0.1) is 6.42 Å². The minimum absolute atomic E-state index is 0. The van der Waals surface area contributed by atoms with Gasteiger partial charge in [0.15, 0.2) is 11.6 Å². The minimum Gasteiger partial charge on any atom is -0.381 e. The molecule has 0 spiro atoms. The Bertz CT molecular complexity index is 1050. The highest BCUT2D eigenvalue weighted by Crippen LogP contribution is 2.32. The van der Waals surface area contributed by atoms with Gasteiger partial charge in [-0.25, -0.2) is 15.0 Å². The summed E-state index contributed by atoms with van der Waals surface area (Å²) in [4.78, 5) is 28.9. The minimum atomic E-state index is -4.38. The summed E-state index contributed by atoms with van der Waals surface area (Å²) in [5.74, 6) is 0.310. The third kappa shape index (κ3) is 4.28. The van der Waals surface area contributed by atoms with Crippen molar-refractivity contribution in [2.45, 2.75) is 37.4 Å². The van der Waals surface area contributed by atoms with Crippen LogP contribution in [0.15, 0.2) is 36.8 Å². The fourth-order valence-electron chi connectivity index (χ4n) is 3.63. The Morgan fingerprint density at radius 3 is 2.80 bits per heavy atom. The summed E-state index contributed by atoms with van der Waals surface area (Å²) in [6.45, 7) is 0.577. The second kappa shape index (κ2) is 8.02. The molecule has 0 radical (unpaired) electrons. The number of hydrogen-bond donors (Lipinski definition) is 2. The first-order valence-corrected chi connectivity index (χ1v) is 9.58. The van der Waals surface area contributed by atoms with Crippen LogP contribution in [-0.4, -0.2) is 50.6 Å². The third-order valence-electron chi connectivity index (χ3n) is 5.23. The van der Waals surface area contributed by atoms with Gasteiger partial charge >= 0.3 is 6.18 Å². The van der Waals surface area contributed by atoms with Crippen LogP contribution in [0.5, 0.6) is 0 Å². The number of rotatable bonds is 6. The average molecular weight is 423 g/mol. The molecule has 4 heterocycles. The summed E-state index contributed by atoms with van der Waals surface area (Å²) < 4.78 is 43.3. The molecule has 4 rings (SSSR count). The lowest BCUT2D eigenvalue weighted by molar-refractivity contribution is -0.146. The number of halogens is 3. The van der Waals surface area contributed by atoms with E-state index in [9.17, 15) is 18.0 Å². The molecule has 1 aliphatic heterocycles. The number of hydrogen-bond acceptors (Lipinski definition) is 6. The monoisotopic (exact) mass is 423 g/mol. The van der Waals surface area contributed by atoms with E-state index in [0.29, 0.717) is 17.3 Å². The number of aromatic amines is 1. The molecule has 3 aromatic rings. The van der Waals surface area contributed by atoms with Crippen LogP contribution in [0.2, 0.25) is 0 Å². The van der Waals surface area contributed by atoms with Gasteiger partial charge in [0.25, 0.3) is 0 Å². The normalized spacial score (nSPS) is 16.5.